The van der Waals surface area contributed by atoms with Gasteiger partial charge < -0.3 is 14.7 Å². The molecule has 0 aliphatic carbocycles. The van der Waals surface area contributed by atoms with Crippen molar-refractivity contribution >= 4 is 15.9 Å². The van der Waals surface area contributed by atoms with Gasteiger partial charge >= 0.3 is 6.03 Å². The number of urea groups is 1. The van der Waals surface area contributed by atoms with Crippen molar-refractivity contribution in [1.29, 1.82) is 0 Å². The maximum Gasteiger partial charge on any atom is 0.320 e. The number of likely N-dealkylation sites (N-methyl/N-ethyl adjacent to an activating group) is 1. The minimum atomic E-state index is -3.39. The van der Waals surface area contributed by atoms with E-state index < -0.39 is 9.84 Å². The van der Waals surface area contributed by atoms with E-state index in [0.717, 1.165) is 19.6 Å². The summed E-state index contributed by atoms with van der Waals surface area (Å²) in [6.45, 7) is 11.7. The Morgan fingerprint density at radius 1 is 1.00 bits per heavy atom. The van der Waals surface area contributed by atoms with E-state index in [1.54, 1.807) is 42.3 Å². The zero-order valence-electron chi connectivity index (χ0n) is 16.7. The molecule has 0 N–H and O–H groups in total. The fourth-order valence-corrected chi connectivity index (χ4v) is 4.00. The standard InChI is InChI=1S/C19H33N3O3S/c1-6-21(7-2)13-14-22(17(3)4)19(23)20(5)15-16-26(24,25)18-11-9-8-10-12-18/h8-12,17H,6-7,13-16H2,1-5H3. The molecule has 0 spiro atoms. The minimum absolute atomic E-state index is 0.0613. The van der Waals surface area contributed by atoms with E-state index in [4.69, 9.17) is 0 Å². The Kier molecular flexibility index (Phi) is 9.08. The van der Waals surface area contributed by atoms with Crippen LogP contribution in [0.25, 0.3) is 0 Å². The van der Waals surface area contributed by atoms with Crippen molar-refractivity contribution in [2.24, 2.45) is 0 Å². The lowest BCUT2D eigenvalue weighted by Crippen LogP contribution is -2.48. The molecule has 0 fully saturated rings. The molecule has 6 nitrogen and oxygen atoms in total. The van der Waals surface area contributed by atoms with Crippen LogP contribution in [-0.4, -0.2) is 80.7 Å². The van der Waals surface area contributed by atoms with Crippen LogP contribution in [0.5, 0.6) is 0 Å². The molecule has 0 aliphatic rings. The second kappa shape index (κ2) is 10.5. The molecule has 0 saturated carbocycles. The Bertz CT molecular complexity index is 643. The molecule has 0 saturated heterocycles. The highest BCUT2D eigenvalue weighted by atomic mass is 32.2. The first kappa shape index (κ1) is 22.4. The molecule has 148 valence electrons. The third-order valence-corrected chi connectivity index (χ3v) is 6.26. The lowest BCUT2D eigenvalue weighted by molar-refractivity contribution is 0.141. The molecule has 0 aliphatic heterocycles. The van der Waals surface area contributed by atoms with Gasteiger partial charge in [0.1, 0.15) is 0 Å². The van der Waals surface area contributed by atoms with Gasteiger partial charge in [0.25, 0.3) is 0 Å². The van der Waals surface area contributed by atoms with Crippen molar-refractivity contribution < 1.29 is 13.2 Å². The van der Waals surface area contributed by atoms with Gasteiger partial charge in [0.15, 0.2) is 9.84 Å². The first-order valence-electron chi connectivity index (χ1n) is 9.24. The molecule has 7 heteroatoms. The monoisotopic (exact) mass is 383 g/mol. The number of hydrogen-bond donors (Lipinski definition) is 0. The molecular weight excluding hydrogens is 350 g/mol. The zero-order valence-corrected chi connectivity index (χ0v) is 17.5. The Morgan fingerprint density at radius 2 is 1.58 bits per heavy atom. The van der Waals surface area contributed by atoms with E-state index in [1.165, 1.54) is 4.90 Å². The van der Waals surface area contributed by atoms with Crippen LogP contribution in [0.2, 0.25) is 0 Å². The fraction of sp³-hybridized carbons (Fsp3) is 0.632. The van der Waals surface area contributed by atoms with Crippen molar-refractivity contribution in [2.45, 2.75) is 38.6 Å². The first-order chi connectivity index (χ1) is 12.2. The first-order valence-corrected chi connectivity index (χ1v) is 10.9. The number of nitrogens with zero attached hydrogens (tertiary/aromatic N) is 3. The number of carbonyl (C=O) groups is 1. The predicted octanol–water partition coefficient (Wildman–Crippen LogP) is 2.56. The van der Waals surface area contributed by atoms with Gasteiger partial charge in [-0.05, 0) is 39.1 Å². The summed E-state index contributed by atoms with van der Waals surface area (Å²) >= 11 is 0. The molecule has 1 aromatic carbocycles. The highest BCUT2D eigenvalue weighted by Gasteiger charge is 2.23. The van der Waals surface area contributed by atoms with Crippen molar-refractivity contribution in [1.82, 2.24) is 14.7 Å². The molecular formula is C19H33N3O3S. The predicted molar refractivity (Wildman–Crippen MR) is 106 cm³/mol. The van der Waals surface area contributed by atoms with Gasteiger partial charge in [-0.15, -0.1) is 0 Å². The Hall–Kier alpha value is -1.60. The quantitative estimate of drug-likeness (QED) is 0.623. The fourth-order valence-electron chi connectivity index (χ4n) is 2.68. The van der Waals surface area contributed by atoms with Gasteiger partial charge in [-0.3, -0.25) is 0 Å². The van der Waals surface area contributed by atoms with Crippen LogP contribution in [0.3, 0.4) is 0 Å². The van der Waals surface area contributed by atoms with Crippen LogP contribution >= 0.6 is 0 Å². The van der Waals surface area contributed by atoms with E-state index in [2.05, 4.69) is 18.7 Å². The summed E-state index contributed by atoms with van der Waals surface area (Å²) in [5, 5.41) is 0. The second-order valence-corrected chi connectivity index (χ2v) is 8.76. The number of hydrogen-bond acceptors (Lipinski definition) is 4. The highest BCUT2D eigenvalue weighted by molar-refractivity contribution is 7.91. The molecule has 0 radical (unpaired) electrons. The molecule has 1 aromatic rings. The molecule has 1 rings (SSSR count). The van der Waals surface area contributed by atoms with Crippen LogP contribution in [0, 0.1) is 0 Å². The maximum absolute atomic E-state index is 12.8. The van der Waals surface area contributed by atoms with Gasteiger partial charge in [0.2, 0.25) is 0 Å². The molecule has 0 atom stereocenters. The van der Waals surface area contributed by atoms with Crippen molar-refractivity contribution in [3.8, 4) is 0 Å². The van der Waals surface area contributed by atoms with Crippen LogP contribution < -0.4 is 0 Å². The summed E-state index contributed by atoms with van der Waals surface area (Å²) in [6.07, 6.45) is 0. The van der Waals surface area contributed by atoms with Crippen LogP contribution in [0.1, 0.15) is 27.7 Å². The summed E-state index contributed by atoms with van der Waals surface area (Å²) in [5.41, 5.74) is 0. The summed E-state index contributed by atoms with van der Waals surface area (Å²) in [4.78, 5) is 18.6. The number of rotatable bonds is 10. The Morgan fingerprint density at radius 3 is 2.08 bits per heavy atom. The molecule has 0 bridgehead atoms. The van der Waals surface area contributed by atoms with Gasteiger partial charge in [-0.25, -0.2) is 13.2 Å². The van der Waals surface area contributed by atoms with Crippen LogP contribution in [0.15, 0.2) is 35.2 Å². The number of amides is 2. The average Bonchev–Trinajstić information content (AvgIpc) is 2.63. The van der Waals surface area contributed by atoms with Crippen molar-refractivity contribution in [2.75, 3.05) is 45.5 Å². The summed E-state index contributed by atoms with van der Waals surface area (Å²) in [6, 6.07) is 8.29. The van der Waals surface area contributed by atoms with E-state index in [0.29, 0.717) is 11.4 Å². The minimum Gasteiger partial charge on any atom is -0.327 e. The summed E-state index contributed by atoms with van der Waals surface area (Å²) < 4.78 is 24.8. The number of benzene rings is 1. The SMILES string of the molecule is CCN(CC)CCN(C(=O)N(C)CCS(=O)(=O)c1ccccc1)C(C)C. The smallest absolute Gasteiger partial charge is 0.320 e. The second-order valence-electron chi connectivity index (χ2n) is 6.65. The van der Waals surface area contributed by atoms with Crippen molar-refractivity contribution in [3.05, 3.63) is 30.3 Å². The average molecular weight is 384 g/mol. The third-order valence-electron chi connectivity index (χ3n) is 4.54. The summed E-state index contributed by atoms with van der Waals surface area (Å²) in [7, 11) is -1.73. The highest BCUT2D eigenvalue weighted by Crippen LogP contribution is 2.11. The van der Waals surface area contributed by atoms with Gasteiger partial charge in [0.05, 0.1) is 10.6 Å². The molecule has 2 amide bonds. The summed E-state index contributed by atoms with van der Waals surface area (Å²) in [5.74, 6) is -0.0821. The number of sulfone groups is 1. The lowest BCUT2D eigenvalue weighted by atomic mass is 10.3. The third kappa shape index (κ3) is 6.61. The normalized spacial score (nSPS) is 11.8. The molecule has 0 aromatic heterocycles. The van der Waals surface area contributed by atoms with E-state index in [9.17, 15) is 13.2 Å². The lowest BCUT2D eigenvalue weighted by Gasteiger charge is -2.33. The van der Waals surface area contributed by atoms with Crippen molar-refractivity contribution in [3.63, 3.8) is 0 Å². The van der Waals surface area contributed by atoms with E-state index in [-0.39, 0.29) is 24.4 Å². The Labute approximate surface area is 158 Å². The van der Waals surface area contributed by atoms with Gasteiger partial charge in [0, 0.05) is 32.7 Å². The zero-order chi connectivity index (χ0) is 19.7. The molecule has 26 heavy (non-hydrogen) atoms. The molecule has 0 unspecified atom stereocenters. The van der Waals surface area contributed by atoms with Gasteiger partial charge in [-0.2, -0.15) is 0 Å². The number of carbonyl (C=O) groups excluding carboxylic acids is 1. The van der Waals surface area contributed by atoms with Crippen LogP contribution in [-0.2, 0) is 9.84 Å². The molecule has 0 heterocycles. The van der Waals surface area contributed by atoms with E-state index in [1.807, 2.05) is 13.8 Å². The topological polar surface area (TPSA) is 60.9 Å². The largest absolute Gasteiger partial charge is 0.327 e. The van der Waals surface area contributed by atoms with E-state index >= 15 is 0 Å². The van der Waals surface area contributed by atoms with Crippen LogP contribution in [0.4, 0.5) is 4.79 Å². The van der Waals surface area contributed by atoms with Gasteiger partial charge in [-0.1, -0.05) is 32.0 Å². The Balaban J connectivity index is 2.68. The maximum atomic E-state index is 12.8.